The number of piperidine rings is 1. The lowest BCUT2D eigenvalue weighted by Crippen LogP contribution is -2.54. The van der Waals surface area contributed by atoms with E-state index in [2.05, 4.69) is 0 Å². The van der Waals surface area contributed by atoms with Crippen LogP contribution >= 0.6 is 35.0 Å². The number of hydrogen-bond acceptors (Lipinski definition) is 3. The van der Waals surface area contributed by atoms with E-state index in [1.165, 1.54) is 0 Å². The van der Waals surface area contributed by atoms with Crippen molar-refractivity contribution in [2.75, 3.05) is 25.4 Å². The van der Waals surface area contributed by atoms with Crippen molar-refractivity contribution >= 4 is 46.8 Å². The van der Waals surface area contributed by atoms with Gasteiger partial charge in [0.25, 0.3) is 11.8 Å². The number of carbonyl (C=O) groups excluding carboxylic acids is 2. The normalized spacial score (nSPS) is 20.3. The van der Waals surface area contributed by atoms with Crippen molar-refractivity contribution in [3.05, 3.63) is 35.9 Å². The molecule has 2 fully saturated rings. The molecule has 0 aromatic heterocycles. The summed E-state index contributed by atoms with van der Waals surface area (Å²) in [6.45, 7) is 1.92. The summed E-state index contributed by atoms with van der Waals surface area (Å²) in [4.78, 5) is 27.2. The molecular formula is C16H18Cl2N2O2S. The third-order valence-electron chi connectivity index (χ3n) is 4.49. The highest BCUT2D eigenvalue weighted by Crippen LogP contribution is 2.44. The SMILES string of the molecule is O=C(C(Cl)Cl)N1CCC2(CC1)SCCN2C(=O)c1ccccc1. The van der Waals surface area contributed by atoms with E-state index in [9.17, 15) is 9.59 Å². The van der Waals surface area contributed by atoms with Crippen LogP contribution in [0.15, 0.2) is 30.3 Å². The molecule has 0 aliphatic carbocycles. The number of halogens is 2. The van der Waals surface area contributed by atoms with E-state index >= 15 is 0 Å². The molecule has 1 spiro atoms. The maximum atomic E-state index is 12.8. The number of likely N-dealkylation sites (tertiary alicyclic amines) is 1. The molecule has 2 aliphatic heterocycles. The second-order valence-electron chi connectivity index (χ2n) is 5.74. The molecule has 0 N–H and O–H groups in total. The molecule has 0 unspecified atom stereocenters. The highest BCUT2D eigenvalue weighted by molar-refractivity contribution is 8.00. The minimum absolute atomic E-state index is 0.0722. The van der Waals surface area contributed by atoms with Crippen molar-refractivity contribution in [3.63, 3.8) is 0 Å². The Morgan fingerprint density at radius 2 is 1.74 bits per heavy atom. The zero-order chi connectivity index (χ0) is 16.4. The zero-order valence-electron chi connectivity index (χ0n) is 12.6. The summed E-state index contributed by atoms with van der Waals surface area (Å²) in [6, 6.07) is 9.37. The number of hydrogen-bond donors (Lipinski definition) is 0. The van der Waals surface area contributed by atoms with Gasteiger partial charge in [-0.05, 0) is 25.0 Å². The maximum Gasteiger partial charge on any atom is 0.255 e. The predicted octanol–water partition coefficient (Wildman–Crippen LogP) is 3.00. The van der Waals surface area contributed by atoms with Gasteiger partial charge in [-0.2, -0.15) is 0 Å². The minimum Gasteiger partial charge on any atom is -0.340 e. The van der Waals surface area contributed by atoms with Gasteiger partial charge in [0.05, 0.1) is 4.87 Å². The maximum absolute atomic E-state index is 12.8. The molecule has 2 saturated heterocycles. The Bertz CT molecular complexity index is 589. The Morgan fingerprint density at radius 3 is 2.35 bits per heavy atom. The van der Waals surface area contributed by atoms with Crippen molar-refractivity contribution in [3.8, 4) is 0 Å². The number of carbonyl (C=O) groups is 2. The van der Waals surface area contributed by atoms with Crippen LogP contribution in [0.5, 0.6) is 0 Å². The van der Waals surface area contributed by atoms with Gasteiger partial charge in [-0.1, -0.05) is 41.4 Å². The molecule has 3 rings (SSSR count). The first kappa shape index (κ1) is 16.9. The summed E-state index contributed by atoms with van der Waals surface area (Å²) < 4.78 is 0. The van der Waals surface area contributed by atoms with Crippen LogP contribution in [0.1, 0.15) is 23.2 Å². The van der Waals surface area contributed by atoms with Gasteiger partial charge in [0.1, 0.15) is 0 Å². The molecule has 2 heterocycles. The molecule has 1 aromatic carbocycles. The Labute approximate surface area is 150 Å². The second-order valence-corrected chi connectivity index (χ2v) is 8.30. The third-order valence-corrected chi connectivity index (χ3v) is 6.41. The molecule has 0 radical (unpaired) electrons. The van der Waals surface area contributed by atoms with Crippen molar-refractivity contribution in [2.24, 2.45) is 0 Å². The topological polar surface area (TPSA) is 40.6 Å². The van der Waals surface area contributed by atoms with Crippen molar-refractivity contribution in [1.82, 2.24) is 9.80 Å². The van der Waals surface area contributed by atoms with Crippen LogP contribution in [0.4, 0.5) is 0 Å². The number of rotatable bonds is 2. The fourth-order valence-corrected chi connectivity index (χ4v) is 4.99. The van der Waals surface area contributed by atoms with Crippen LogP contribution in [-0.2, 0) is 4.79 Å². The van der Waals surface area contributed by atoms with Crippen LogP contribution < -0.4 is 0 Å². The smallest absolute Gasteiger partial charge is 0.255 e. The fraction of sp³-hybridized carbons (Fsp3) is 0.500. The number of amides is 2. The Hall–Kier alpha value is -0.910. The molecule has 1 aromatic rings. The summed E-state index contributed by atoms with van der Waals surface area (Å²) >= 11 is 13.2. The Morgan fingerprint density at radius 1 is 1.09 bits per heavy atom. The van der Waals surface area contributed by atoms with E-state index in [0.717, 1.165) is 30.7 Å². The van der Waals surface area contributed by atoms with Gasteiger partial charge in [0.15, 0.2) is 4.84 Å². The largest absolute Gasteiger partial charge is 0.340 e. The molecule has 2 aliphatic rings. The first-order chi connectivity index (χ1) is 11.0. The number of benzene rings is 1. The first-order valence-electron chi connectivity index (χ1n) is 7.61. The first-order valence-corrected chi connectivity index (χ1v) is 9.47. The number of nitrogens with zero attached hydrogens (tertiary/aromatic N) is 2. The number of alkyl halides is 2. The van der Waals surface area contributed by atoms with Gasteiger partial charge in [-0.3, -0.25) is 9.59 Å². The summed E-state index contributed by atoms with van der Waals surface area (Å²) in [7, 11) is 0. The van der Waals surface area contributed by atoms with E-state index in [-0.39, 0.29) is 16.7 Å². The molecule has 0 atom stereocenters. The van der Waals surface area contributed by atoms with Crippen LogP contribution in [0, 0.1) is 0 Å². The zero-order valence-corrected chi connectivity index (χ0v) is 14.9. The third kappa shape index (κ3) is 3.32. The van der Waals surface area contributed by atoms with Crippen molar-refractivity contribution in [2.45, 2.75) is 22.5 Å². The van der Waals surface area contributed by atoms with Crippen LogP contribution in [-0.4, -0.2) is 56.7 Å². The van der Waals surface area contributed by atoms with Gasteiger partial charge >= 0.3 is 0 Å². The summed E-state index contributed by atoms with van der Waals surface area (Å²) in [5.41, 5.74) is 0.717. The average molecular weight is 373 g/mol. The monoisotopic (exact) mass is 372 g/mol. The minimum atomic E-state index is -1.01. The van der Waals surface area contributed by atoms with Crippen LogP contribution in [0.2, 0.25) is 0 Å². The van der Waals surface area contributed by atoms with Crippen LogP contribution in [0.25, 0.3) is 0 Å². The summed E-state index contributed by atoms with van der Waals surface area (Å²) in [6.07, 6.45) is 1.50. The lowest BCUT2D eigenvalue weighted by Gasteiger charge is -2.44. The molecule has 4 nitrogen and oxygen atoms in total. The fourth-order valence-electron chi connectivity index (χ4n) is 3.26. The predicted molar refractivity (Wildman–Crippen MR) is 94.0 cm³/mol. The Balaban J connectivity index is 1.72. The lowest BCUT2D eigenvalue weighted by atomic mass is 10.0. The lowest BCUT2D eigenvalue weighted by molar-refractivity contribution is -0.130. The van der Waals surface area contributed by atoms with E-state index in [4.69, 9.17) is 23.2 Å². The van der Waals surface area contributed by atoms with E-state index in [1.54, 1.807) is 4.90 Å². The van der Waals surface area contributed by atoms with Crippen molar-refractivity contribution < 1.29 is 9.59 Å². The molecule has 23 heavy (non-hydrogen) atoms. The van der Waals surface area contributed by atoms with Gasteiger partial charge in [0.2, 0.25) is 0 Å². The second kappa shape index (κ2) is 6.91. The van der Waals surface area contributed by atoms with Gasteiger partial charge < -0.3 is 9.80 Å². The molecule has 0 bridgehead atoms. The Kier molecular flexibility index (Phi) is 5.09. The molecular weight excluding hydrogens is 355 g/mol. The van der Waals surface area contributed by atoms with Gasteiger partial charge in [-0.15, -0.1) is 11.8 Å². The van der Waals surface area contributed by atoms with E-state index < -0.39 is 4.84 Å². The van der Waals surface area contributed by atoms with E-state index in [1.807, 2.05) is 47.0 Å². The van der Waals surface area contributed by atoms with Gasteiger partial charge in [-0.25, -0.2) is 0 Å². The molecule has 7 heteroatoms. The quantitative estimate of drug-likeness (QED) is 0.749. The van der Waals surface area contributed by atoms with Crippen LogP contribution in [0.3, 0.4) is 0 Å². The summed E-state index contributed by atoms with van der Waals surface area (Å²) in [5, 5.41) is 0. The molecule has 2 amide bonds. The molecule has 0 saturated carbocycles. The van der Waals surface area contributed by atoms with Crippen molar-refractivity contribution in [1.29, 1.82) is 0 Å². The number of thioether (sulfide) groups is 1. The highest BCUT2D eigenvalue weighted by atomic mass is 35.5. The highest BCUT2D eigenvalue weighted by Gasteiger charge is 2.47. The summed E-state index contributed by atoms with van der Waals surface area (Å²) in [5.74, 6) is 0.759. The standard InChI is InChI=1S/C16H18Cl2N2O2S/c17-13(18)15(22)19-8-6-16(7-9-19)20(10-11-23-16)14(21)12-4-2-1-3-5-12/h1-5,13H,6-11H2. The molecule has 124 valence electrons. The average Bonchev–Trinajstić information content (AvgIpc) is 2.98. The van der Waals surface area contributed by atoms with Gasteiger partial charge in [0, 0.05) is 31.0 Å². The van der Waals surface area contributed by atoms with E-state index in [0.29, 0.717) is 13.1 Å².